The monoisotopic (exact) mass is 412 g/mol. The molecular formula is C23H30N3O2S+. The second-order valence-electron chi connectivity index (χ2n) is 8.12. The van der Waals surface area contributed by atoms with Crippen LogP contribution in [0.5, 0.6) is 0 Å². The first-order valence-electron chi connectivity index (χ1n) is 10.8. The summed E-state index contributed by atoms with van der Waals surface area (Å²) in [5, 5.41) is 6.89. The van der Waals surface area contributed by atoms with Crippen molar-refractivity contribution >= 4 is 28.2 Å². The number of likely N-dealkylation sites (tertiary alicyclic amines) is 1. The van der Waals surface area contributed by atoms with Gasteiger partial charge in [0.1, 0.15) is 5.00 Å². The van der Waals surface area contributed by atoms with Crippen molar-refractivity contribution < 1.29 is 14.5 Å². The fourth-order valence-electron chi connectivity index (χ4n) is 4.39. The van der Waals surface area contributed by atoms with Crippen LogP contribution in [-0.4, -0.2) is 31.4 Å². The minimum Gasteiger partial charge on any atom is -0.348 e. The Labute approximate surface area is 176 Å². The lowest BCUT2D eigenvalue weighted by Gasteiger charge is -2.22. The molecule has 2 aromatic rings. The predicted octanol–water partition coefficient (Wildman–Crippen LogP) is 2.56. The van der Waals surface area contributed by atoms with Crippen LogP contribution in [0.2, 0.25) is 0 Å². The highest BCUT2D eigenvalue weighted by Crippen LogP contribution is 2.38. The summed E-state index contributed by atoms with van der Waals surface area (Å²) in [6.07, 6.45) is 7.86. The van der Waals surface area contributed by atoms with Crippen molar-refractivity contribution in [3.8, 4) is 0 Å². The van der Waals surface area contributed by atoms with Crippen LogP contribution < -0.4 is 15.5 Å². The lowest BCUT2D eigenvalue weighted by molar-refractivity contribution is -0.896. The largest absolute Gasteiger partial charge is 0.348 e. The van der Waals surface area contributed by atoms with Gasteiger partial charge in [-0.1, -0.05) is 30.3 Å². The number of aryl methyl sites for hydroxylation is 1. The van der Waals surface area contributed by atoms with E-state index >= 15 is 0 Å². The first kappa shape index (κ1) is 20.1. The summed E-state index contributed by atoms with van der Waals surface area (Å²) in [6.45, 7) is 3.13. The molecule has 0 atom stereocenters. The van der Waals surface area contributed by atoms with Crippen molar-refractivity contribution in [3.05, 3.63) is 51.9 Å². The average molecular weight is 413 g/mol. The molecule has 1 aromatic heterocycles. The molecule has 6 heteroatoms. The molecule has 0 bridgehead atoms. The highest BCUT2D eigenvalue weighted by Gasteiger charge is 2.27. The average Bonchev–Trinajstić information content (AvgIpc) is 3.11. The Morgan fingerprint density at radius 1 is 0.966 bits per heavy atom. The number of hydrogen-bond donors (Lipinski definition) is 3. The molecule has 0 saturated carbocycles. The molecule has 0 spiro atoms. The zero-order valence-corrected chi connectivity index (χ0v) is 17.7. The summed E-state index contributed by atoms with van der Waals surface area (Å²) in [5.41, 5.74) is 2.92. The second-order valence-corrected chi connectivity index (χ2v) is 9.22. The SMILES string of the molecule is O=C(C[NH+]1CCCCC1)Nc1sc2c(c1C(=O)NCc1ccccc1)CCCC2. The summed E-state index contributed by atoms with van der Waals surface area (Å²) < 4.78 is 0. The Hall–Kier alpha value is -2.18. The van der Waals surface area contributed by atoms with E-state index in [0.29, 0.717) is 18.7 Å². The maximum absolute atomic E-state index is 13.1. The van der Waals surface area contributed by atoms with Gasteiger partial charge < -0.3 is 15.5 Å². The summed E-state index contributed by atoms with van der Waals surface area (Å²) in [5.74, 6) is -0.0496. The van der Waals surface area contributed by atoms with Crippen molar-refractivity contribution in [1.82, 2.24) is 5.32 Å². The number of carbonyl (C=O) groups excluding carboxylic acids is 2. The second kappa shape index (κ2) is 9.55. The Morgan fingerprint density at radius 3 is 2.52 bits per heavy atom. The summed E-state index contributed by atoms with van der Waals surface area (Å²) in [4.78, 5) is 28.4. The van der Waals surface area contributed by atoms with Gasteiger partial charge in [0.15, 0.2) is 6.54 Å². The van der Waals surface area contributed by atoms with Gasteiger partial charge in [-0.2, -0.15) is 0 Å². The van der Waals surface area contributed by atoms with Crippen LogP contribution in [0.1, 0.15) is 58.5 Å². The highest BCUT2D eigenvalue weighted by atomic mass is 32.1. The molecule has 29 heavy (non-hydrogen) atoms. The first-order valence-corrected chi connectivity index (χ1v) is 11.6. The lowest BCUT2D eigenvalue weighted by atomic mass is 9.95. The van der Waals surface area contributed by atoms with Gasteiger partial charge in [-0.15, -0.1) is 11.3 Å². The number of carbonyl (C=O) groups is 2. The van der Waals surface area contributed by atoms with Crippen LogP contribution in [-0.2, 0) is 24.2 Å². The molecule has 2 aliphatic rings. The van der Waals surface area contributed by atoms with Gasteiger partial charge in [-0.3, -0.25) is 9.59 Å². The van der Waals surface area contributed by atoms with Crippen LogP contribution in [0.4, 0.5) is 5.00 Å². The topological polar surface area (TPSA) is 62.6 Å². The first-order chi connectivity index (χ1) is 14.2. The summed E-state index contributed by atoms with van der Waals surface area (Å²) >= 11 is 1.60. The molecule has 3 N–H and O–H groups in total. The van der Waals surface area contributed by atoms with Gasteiger partial charge in [-0.25, -0.2) is 0 Å². The number of benzene rings is 1. The standard InChI is InChI=1S/C23H29N3O2S/c27-20(16-26-13-7-2-8-14-26)25-23-21(18-11-5-6-12-19(18)29-23)22(28)24-15-17-9-3-1-4-10-17/h1,3-4,9-10H,2,5-8,11-16H2,(H,24,28)(H,25,27)/p+1. The number of nitrogens with one attached hydrogen (secondary N) is 3. The third-order valence-corrected chi connectivity index (χ3v) is 7.13. The van der Waals surface area contributed by atoms with E-state index in [2.05, 4.69) is 10.6 Å². The Kier molecular flexibility index (Phi) is 6.62. The molecule has 1 fully saturated rings. The van der Waals surface area contributed by atoms with Gasteiger partial charge in [0.25, 0.3) is 11.8 Å². The number of hydrogen-bond acceptors (Lipinski definition) is 3. The van der Waals surface area contributed by atoms with Crippen LogP contribution in [0, 0.1) is 0 Å². The molecule has 4 rings (SSSR count). The van der Waals surface area contributed by atoms with E-state index in [9.17, 15) is 9.59 Å². The molecule has 1 aromatic carbocycles. The lowest BCUT2D eigenvalue weighted by Crippen LogP contribution is -3.13. The van der Waals surface area contributed by atoms with Crippen LogP contribution >= 0.6 is 11.3 Å². The molecule has 5 nitrogen and oxygen atoms in total. The third-order valence-electron chi connectivity index (χ3n) is 5.92. The van der Waals surface area contributed by atoms with Crippen molar-refractivity contribution in [2.75, 3.05) is 25.0 Å². The fourth-order valence-corrected chi connectivity index (χ4v) is 5.69. The van der Waals surface area contributed by atoms with E-state index in [4.69, 9.17) is 0 Å². The van der Waals surface area contributed by atoms with E-state index in [1.165, 1.54) is 29.0 Å². The van der Waals surface area contributed by atoms with Gasteiger partial charge in [0, 0.05) is 11.4 Å². The number of amides is 2. The minimum atomic E-state index is -0.0751. The summed E-state index contributed by atoms with van der Waals surface area (Å²) in [6, 6.07) is 9.94. The summed E-state index contributed by atoms with van der Waals surface area (Å²) in [7, 11) is 0. The number of anilines is 1. The molecule has 0 unspecified atom stereocenters. The quantitative estimate of drug-likeness (QED) is 0.683. The number of thiophene rings is 1. The Bertz CT molecular complexity index is 857. The van der Waals surface area contributed by atoms with Crippen LogP contribution in [0.3, 0.4) is 0 Å². The van der Waals surface area contributed by atoms with E-state index in [1.807, 2.05) is 30.3 Å². The normalized spacial score (nSPS) is 16.8. The maximum atomic E-state index is 13.1. The van der Waals surface area contributed by atoms with Crippen LogP contribution in [0.15, 0.2) is 30.3 Å². The highest BCUT2D eigenvalue weighted by molar-refractivity contribution is 7.17. The third kappa shape index (κ3) is 5.06. The number of quaternary nitrogens is 1. The molecule has 2 heterocycles. The molecule has 0 radical (unpaired) electrons. The van der Waals surface area contributed by atoms with E-state index < -0.39 is 0 Å². The molecule has 1 saturated heterocycles. The zero-order valence-electron chi connectivity index (χ0n) is 16.9. The molecule has 2 amide bonds. The Morgan fingerprint density at radius 2 is 1.72 bits per heavy atom. The van der Waals surface area contributed by atoms with Gasteiger partial charge >= 0.3 is 0 Å². The minimum absolute atomic E-state index is 0.0256. The van der Waals surface area contributed by atoms with Crippen LogP contribution in [0.25, 0.3) is 0 Å². The number of piperidine rings is 1. The Balaban J connectivity index is 1.48. The molecule has 1 aliphatic heterocycles. The van der Waals surface area contributed by atoms with Gasteiger partial charge in [-0.05, 0) is 56.1 Å². The molecule has 1 aliphatic carbocycles. The number of fused-ring (bicyclic) bond motifs is 1. The van der Waals surface area contributed by atoms with Crippen molar-refractivity contribution in [2.24, 2.45) is 0 Å². The van der Waals surface area contributed by atoms with Gasteiger partial charge in [0.2, 0.25) is 0 Å². The zero-order chi connectivity index (χ0) is 20.1. The fraction of sp³-hybridized carbons (Fsp3) is 0.478. The van der Waals surface area contributed by atoms with E-state index in [-0.39, 0.29) is 11.8 Å². The van der Waals surface area contributed by atoms with Gasteiger partial charge in [0.05, 0.1) is 18.7 Å². The predicted molar refractivity (Wildman–Crippen MR) is 117 cm³/mol. The molecule has 154 valence electrons. The van der Waals surface area contributed by atoms with Crippen molar-refractivity contribution in [2.45, 2.75) is 51.5 Å². The van der Waals surface area contributed by atoms with E-state index in [0.717, 1.165) is 54.9 Å². The van der Waals surface area contributed by atoms with E-state index in [1.54, 1.807) is 11.3 Å². The van der Waals surface area contributed by atoms with Crippen molar-refractivity contribution in [3.63, 3.8) is 0 Å². The van der Waals surface area contributed by atoms with Crippen molar-refractivity contribution in [1.29, 1.82) is 0 Å². The molecular weight excluding hydrogens is 382 g/mol. The maximum Gasteiger partial charge on any atom is 0.280 e. The smallest absolute Gasteiger partial charge is 0.280 e. The number of rotatable bonds is 6.